The van der Waals surface area contributed by atoms with E-state index in [1.54, 1.807) is 0 Å². The van der Waals surface area contributed by atoms with Gasteiger partial charge in [0.1, 0.15) is 0 Å². The summed E-state index contributed by atoms with van der Waals surface area (Å²) < 4.78 is 0. The fraction of sp³-hybridized carbons (Fsp3) is 0.963. The number of likely N-dealkylation sites (tertiary alicyclic amines) is 1. The molecular formula is C27H47NO. The van der Waals surface area contributed by atoms with Crippen molar-refractivity contribution in [3.63, 3.8) is 0 Å². The molecule has 0 spiro atoms. The highest BCUT2D eigenvalue weighted by Gasteiger charge is 2.64. The molecule has 1 amide bonds. The van der Waals surface area contributed by atoms with Crippen LogP contribution in [0.15, 0.2) is 0 Å². The summed E-state index contributed by atoms with van der Waals surface area (Å²) in [6.07, 6.45) is 15.9. The smallest absolute Gasteiger partial charge is 0.222 e. The number of amides is 1. The highest BCUT2D eigenvalue weighted by Crippen LogP contribution is 2.69. The van der Waals surface area contributed by atoms with E-state index >= 15 is 0 Å². The Balaban J connectivity index is 1.66. The van der Waals surface area contributed by atoms with Gasteiger partial charge in [-0.1, -0.05) is 60.3 Å². The number of carbonyl (C=O) groups is 1. The Hall–Kier alpha value is -0.530. The van der Waals surface area contributed by atoms with Gasteiger partial charge in [-0.3, -0.25) is 4.79 Å². The average Bonchev–Trinajstić information content (AvgIpc) is 3.06. The van der Waals surface area contributed by atoms with E-state index in [-0.39, 0.29) is 0 Å². The molecule has 3 saturated carbocycles. The van der Waals surface area contributed by atoms with Crippen LogP contribution in [0.1, 0.15) is 112 Å². The van der Waals surface area contributed by atoms with Crippen molar-refractivity contribution in [2.45, 2.75) is 118 Å². The molecule has 2 heteroatoms. The number of unbranched alkanes of at least 4 members (excludes halogenated alkanes) is 1. The number of fused-ring (bicyclic) bond motifs is 5. The van der Waals surface area contributed by atoms with Gasteiger partial charge in [-0.05, 0) is 84.9 Å². The Morgan fingerprint density at radius 3 is 2.52 bits per heavy atom. The van der Waals surface area contributed by atoms with Crippen molar-refractivity contribution >= 4 is 5.91 Å². The molecule has 29 heavy (non-hydrogen) atoms. The van der Waals surface area contributed by atoms with E-state index in [0.717, 1.165) is 36.5 Å². The summed E-state index contributed by atoms with van der Waals surface area (Å²) in [7, 11) is 2.12. The van der Waals surface area contributed by atoms with Crippen molar-refractivity contribution in [1.29, 1.82) is 0 Å². The summed E-state index contributed by atoms with van der Waals surface area (Å²) in [5.41, 5.74) is 1.35. The predicted molar refractivity (Wildman–Crippen MR) is 122 cm³/mol. The molecule has 4 aliphatic rings. The minimum atomic E-state index is 0.342. The van der Waals surface area contributed by atoms with Crippen LogP contribution in [-0.2, 0) is 4.79 Å². The zero-order chi connectivity index (χ0) is 21.0. The molecule has 4 fully saturated rings. The number of hydrogen-bond donors (Lipinski definition) is 0. The third-order valence-corrected chi connectivity index (χ3v) is 10.6. The third kappa shape index (κ3) is 3.49. The lowest BCUT2D eigenvalue weighted by atomic mass is 9.41. The maximum absolute atomic E-state index is 12.7. The molecule has 0 aromatic heterocycles. The molecule has 1 saturated heterocycles. The molecule has 4 rings (SSSR count). The van der Waals surface area contributed by atoms with Crippen LogP contribution in [0.3, 0.4) is 0 Å². The highest BCUT2D eigenvalue weighted by molar-refractivity contribution is 5.77. The van der Waals surface area contributed by atoms with Gasteiger partial charge in [0.2, 0.25) is 5.91 Å². The lowest BCUT2D eigenvalue weighted by Crippen LogP contribution is -2.65. The Labute approximate surface area is 180 Å². The number of hydrogen-bond acceptors (Lipinski definition) is 1. The number of piperidine rings is 1. The van der Waals surface area contributed by atoms with Crippen LogP contribution in [0, 0.1) is 39.9 Å². The van der Waals surface area contributed by atoms with Gasteiger partial charge >= 0.3 is 0 Å². The number of nitrogens with zero attached hydrogens (tertiary/aromatic N) is 1. The Bertz CT molecular complexity index is 628. The molecule has 0 aromatic carbocycles. The van der Waals surface area contributed by atoms with E-state index in [2.05, 4.69) is 46.6 Å². The van der Waals surface area contributed by atoms with Crippen molar-refractivity contribution in [3.8, 4) is 0 Å². The zero-order valence-electron chi connectivity index (χ0n) is 20.2. The topological polar surface area (TPSA) is 20.3 Å². The first-order valence-corrected chi connectivity index (χ1v) is 12.9. The Morgan fingerprint density at radius 2 is 1.79 bits per heavy atom. The lowest BCUT2D eigenvalue weighted by molar-refractivity contribution is -0.185. The van der Waals surface area contributed by atoms with Crippen LogP contribution in [0.25, 0.3) is 0 Å². The lowest BCUT2D eigenvalue weighted by Gasteiger charge is -2.67. The second kappa shape index (κ2) is 7.56. The maximum atomic E-state index is 12.7. The van der Waals surface area contributed by atoms with Crippen LogP contribution < -0.4 is 0 Å². The minimum Gasteiger partial charge on any atom is -0.342 e. The van der Waals surface area contributed by atoms with Gasteiger partial charge in [0.05, 0.1) is 0 Å². The van der Waals surface area contributed by atoms with Gasteiger partial charge in [-0.2, -0.15) is 0 Å². The van der Waals surface area contributed by atoms with E-state index in [9.17, 15) is 4.79 Å². The summed E-state index contributed by atoms with van der Waals surface area (Å²) in [4.78, 5) is 14.8. The molecule has 0 N–H and O–H groups in total. The monoisotopic (exact) mass is 401 g/mol. The van der Waals surface area contributed by atoms with E-state index in [1.807, 2.05) is 0 Å². The van der Waals surface area contributed by atoms with Crippen LogP contribution in [0.4, 0.5) is 0 Å². The van der Waals surface area contributed by atoms with Gasteiger partial charge in [0.25, 0.3) is 0 Å². The molecule has 0 aromatic rings. The Morgan fingerprint density at radius 1 is 1.03 bits per heavy atom. The molecule has 3 aliphatic carbocycles. The number of rotatable bonds is 5. The van der Waals surface area contributed by atoms with E-state index in [4.69, 9.17) is 0 Å². The summed E-state index contributed by atoms with van der Waals surface area (Å²) in [6, 6.07) is 0.464. The fourth-order valence-corrected chi connectivity index (χ4v) is 8.91. The maximum Gasteiger partial charge on any atom is 0.222 e. The van der Waals surface area contributed by atoms with Gasteiger partial charge in [-0.15, -0.1) is 0 Å². The molecule has 1 heterocycles. The molecule has 7 atom stereocenters. The second-order valence-corrected chi connectivity index (χ2v) is 12.8. The molecule has 0 radical (unpaired) electrons. The standard InChI is InChI=1S/C27H47NO/c1-19(2)10-7-8-14-26(4)18-22-27(5,17-13-23(29)28(22)6)21-12-16-25(3)15-9-11-20(25)24(21)26/h19-22,24H,7-18H2,1-6H3/t20-,21-,22+,24-,25-,26-,27+/m0/s1. The molecule has 0 bridgehead atoms. The predicted octanol–water partition coefficient (Wildman–Crippen LogP) is 7.07. The quantitative estimate of drug-likeness (QED) is 0.451. The normalized spacial score (nSPS) is 47.1. The average molecular weight is 402 g/mol. The van der Waals surface area contributed by atoms with E-state index in [0.29, 0.717) is 28.2 Å². The SMILES string of the molecule is CC(C)CCCC[C@@]1(C)C[C@H]2N(C)C(=O)CC[C@]2(C)[C@H]2CC[C@]3(C)CCC[C@H]3[C@@H]21. The number of carbonyl (C=O) groups excluding carboxylic acids is 1. The van der Waals surface area contributed by atoms with Crippen molar-refractivity contribution in [1.82, 2.24) is 4.90 Å². The van der Waals surface area contributed by atoms with Crippen molar-refractivity contribution in [2.24, 2.45) is 39.9 Å². The van der Waals surface area contributed by atoms with Crippen LogP contribution >= 0.6 is 0 Å². The highest BCUT2D eigenvalue weighted by atomic mass is 16.2. The largest absolute Gasteiger partial charge is 0.342 e. The van der Waals surface area contributed by atoms with E-state index in [1.165, 1.54) is 64.2 Å². The third-order valence-electron chi connectivity index (χ3n) is 10.6. The van der Waals surface area contributed by atoms with E-state index < -0.39 is 0 Å². The van der Waals surface area contributed by atoms with Crippen molar-refractivity contribution < 1.29 is 4.79 Å². The molecule has 166 valence electrons. The molecular weight excluding hydrogens is 354 g/mol. The van der Waals surface area contributed by atoms with Gasteiger partial charge in [-0.25, -0.2) is 0 Å². The summed E-state index contributed by atoms with van der Waals surface area (Å²) >= 11 is 0. The van der Waals surface area contributed by atoms with Crippen molar-refractivity contribution in [2.75, 3.05) is 7.05 Å². The van der Waals surface area contributed by atoms with Gasteiger partial charge in [0.15, 0.2) is 0 Å². The molecule has 2 nitrogen and oxygen atoms in total. The van der Waals surface area contributed by atoms with Gasteiger partial charge < -0.3 is 4.90 Å². The summed E-state index contributed by atoms with van der Waals surface area (Å²) in [6.45, 7) is 12.6. The molecule has 1 aliphatic heterocycles. The zero-order valence-corrected chi connectivity index (χ0v) is 20.2. The minimum absolute atomic E-state index is 0.342. The molecule has 0 unspecified atom stereocenters. The first kappa shape index (κ1) is 21.7. The van der Waals surface area contributed by atoms with Gasteiger partial charge in [0, 0.05) is 19.5 Å². The second-order valence-electron chi connectivity index (χ2n) is 12.8. The van der Waals surface area contributed by atoms with Crippen LogP contribution in [0.5, 0.6) is 0 Å². The van der Waals surface area contributed by atoms with Crippen LogP contribution in [-0.4, -0.2) is 23.9 Å². The summed E-state index contributed by atoms with van der Waals surface area (Å²) in [5, 5.41) is 0. The Kier molecular flexibility index (Phi) is 5.65. The fourth-order valence-electron chi connectivity index (χ4n) is 8.91. The van der Waals surface area contributed by atoms with Crippen molar-refractivity contribution in [3.05, 3.63) is 0 Å². The first-order chi connectivity index (χ1) is 13.6. The van der Waals surface area contributed by atoms with Crippen LogP contribution in [0.2, 0.25) is 0 Å². The summed E-state index contributed by atoms with van der Waals surface area (Å²) in [5.74, 6) is 3.85. The first-order valence-electron chi connectivity index (χ1n) is 12.9.